The van der Waals surface area contributed by atoms with Gasteiger partial charge in [0.1, 0.15) is 5.75 Å². The molecule has 8 nitrogen and oxygen atoms in total. The van der Waals surface area contributed by atoms with E-state index in [-0.39, 0.29) is 6.61 Å². The summed E-state index contributed by atoms with van der Waals surface area (Å²) >= 11 is 0. The Balaban J connectivity index is 2.10. The van der Waals surface area contributed by atoms with Gasteiger partial charge in [0.2, 0.25) is 0 Å². The van der Waals surface area contributed by atoms with E-state index in [1.165, 1.54) is 0 Å². The molecular formula is C30H35NO7. The molecule has 8 heteroatoms. The molecule has 38 heavy (non-hydrogen) atoms. The Labute approximate surface area is 223 Å². The van der Waals surface area contributed by atoms with Crippen LogP contribution in [-0.4, -0.2) is 66.2 Å². The van der Waals surface area contributed by atoms with Crippen LogP contribution in [0.2, 0.25) is 0 Å². The number of fused-ring (bicyclic) bond motifs is 3. The minimum absolute atomic E-state index is 0.255. The molecule has 4 aromatic rings. The van der Waals surface area contributed by atoms with Gasteiger partial charge in [0, 0.05) is 28.9 Å². The number of methoxy groups -OCH3 is 5. The Hall–Kier alpha value is -3.88. The fourth-order valence-corrected chi connectivity index (χ4v) is 4.69. The van der Waals surface area contributed by atoms with Crippen molar-refractivity contribution in [3.63, 3.8) is 0 Å². The average molecular weight is 522 g/mol. The van der Waals surface area contributed by atoms with Crippen molar-refractivity contribution in [1.82, 2.24) is 4.90 Å². The van der Waals surface area contributed by atoms with Gasteiger partial charge in [-0.15, -0.1) is 0 Å². The van der Waals surface area contributed by atoms with Crippen molar-refractivity contribution in [3.05, 3.63) is 53.6 Å². The lowest BCUT2D eigenvalue weighted by atomic mass is 9.94. The molecule has 0 radical (unpaired) electrons. The maximum absolute atomic E-state index is 10.2. The first-order chi connectivity index (χ1) is 18.4. The number of rotatable bonds is 11. The van der Waals surface area contributed by atoms with Gasteiger partial charge in [0.05, 0.1) is 42.2 Å². The van der Waals surface area contributed by atoms with Crippen LogP contribution in [0.5, 0.6) is 40.2 Å². The van der Waals surface area contributed by atoms with Crippen molar-refractivity contribution in [2.45, 2.75) is 13.0 Å². The summed E-state index contributed by atoms with van der Waals surface area (Å²) in [6.45, 7) is 0.602. The van der Waals surface area contributed by atoms with Gasteiger partial charge < -0.3 is 38.4 Å². The van der Waals surface area contributed by atoms with Crippen molar-refractivity contribution in [3.8, 4) is 40.2 Å². The van der Waals surface area contributed by atoms with E-state index in [1.807, 2.05) is 32.3 Å². The first-order valence-electron chi connectivity index (χ1n) is 12.3. The molecule has 0 spiro atoms. The molecule has 0 saturated carbocycles. The van der Waals surface area contributed by atoms with Gasteiger partial charge in [-0.05, 0) is 55.1 Å². The molecule has 0 aromatic heterocycles. The molecule has 0 aliphatic rings. The summed E-state index contributed by atoms with van der Waals surface area (Å²) in [5, 5.41) is 13.8. The second-order valence-corrected chi connectivity index (χ2v) is 9.08. The maximum Gasteiger partial charge on any atom is 0.177 e. The van der Waals surface area contributed by atoms with Gasteiger partial charge in [-0.3, -0.25) is 0 Å². The van der Waals surface area contributed by atoms with Crippen molar-refractivity contribution >= 4 is 21.5 Å². The molecule has 4 rings (SSSR count). The molecule has 0 atom stereocenters. The largest absolute Gasteiger partial charge is 0.493 e. The summed E-state index contributed by atoms with van der Waals surface area (Å²) in [6.07, 6.45) is 0.802. The molecule has 0 saturated heterocycles. The number of aliphatic hydroxyl groups excluding tert-OH is 1. The molecule has 0 fully saturated rings. The number of hydrogen-bond donors (Lipinski definition) is 1. The highest BCUT2D eigenvalue weighted by atomic mass is 16.5. The van der Waals surface area contributed by atoms with Gasteiger partial charge in [-0.1, -0.05) is 18.2 Å². The molecule has 0 amide bonds. The third kappa shape index (κ3) is 4.97. The number of likely N-dealkylation sites (N-methyl/N-ethyl adjacent to an activating group) is 1. The van der Waals surface area contributed by atoms with Crippen LogP contribution in [-0.2, 0) is 13.0 Å². The SMILES string of the molecule is COc1cc(CO)c(Oc2c(OC)cc(CCN(C)C)c3ccc4ccc(OC)c(OC)c4c23)cc1OC. The van der Waals surface area contributed by atoms with Crippen molar-refractivity contribution < 1.29 is 33.5 Å². The lowest BCUT2D eigenvalue weighted by Gasteiger charge is -2.21. The van der Waals surface area contributed by atoms with E-state index in [9.17, 15) is 5.11 Å². The van der Waals surface area contributed by atoms with Gasteiger partial charge >= 0.3 is 0 Å². The molecule has 0 aliphatic heterocycles. The topological polar surface area (TPSA) is 78.9 Å². The van der Waals surface area contributed by atoms with Crippen molar-refractivity contribution in [2.75, 3.05) is 56.2 Å². The lowest BCUT2D eigenvalue weighted by molar-refractivity contribution is 0.273. The molecule has 0 bridgehead atoms. The van der Waals surface area contributed by atoms with Gasteiger partial charge in [0.25, 0.3) is 0 Å². The molecule has 0 unspecified atom stereocenters. The van der Waals surface area contributed by atoms with Crippen LogP contribution in [0.3, 0.4) is 0 Å². The molecule has 202 valence electrons. The standard InChI is InChI=1S/C30H35NO7/c1-31(2)13-12-19-14-26(36-6)30(38-23-16-25(35-5)24(34-4)15-20(23)17-32)28-21(19)10-8-18-9-11-22(33-3)29(37-7)27(18)28/h8-11,14-16,32H,12-13,17H2,1-7H3. The lowest BCUT2D eigenvalue weighted by Crippen LogP contribution is -2.15. The zero-order valence-electron chi connectivity index (χ0n) is 23.0. The van der Waals surface area contributed by atoms with E-state index < -0.39 is 0 Å². The predicted octanol–water partition coefficient (Wildman–Crippen LogP) is 5.42. The summed E-state index contributed by atoms with van der Waals surface area (Å²) in [7, 11) is 12.1. The van der Waals surface area contributed by atoms with E-state index in [0.29, 0.717) is 45.8 Å². The number of hydrogen-bond acceptors (Lipinski definition) is 8. The van der Waals surface area contributed by atoms with Crippen LogP contribution >= 0.6 is 0 Å². The second-order valence-electron chi connectivity index (χ2n) is 9.08. The Bertz CT molecular complexity index is 1450. The van der Waals surface area contributed by atoms with Crippen LogP contribution in [0.15, 0.2) is 42.5 Å². The number of benzene rings is 4. The zero-order valence-corrected chi connectivity index (χ0v) is 23.0. The predicted molar refractivity (Wildman–Crippen MR) is 149 cm³/mol. The van der Waals surface area contributed by atoms with Gasteiger partial charge in [-0.25, -0.2) is 0 Å². The highest BCUT2D eigenvalue weighted by Crippen LogP contribution is 2.49. The summed E-state index contributed by atoms with van der Waals surface area (Å²) in [4.78, 5) is 2.14. The summed E-state index contributed by atoms with van der Waals surface area (Å²) in [6, 6.07) is 13.5. The molecule has 4 aromatic carbocycles. The van der Waals surface area contributed by atoms with Crippen LogP contribution in [0.4, 0.5) is 0 Å². The normalized spacial score (nSPS) is 11.2. The second kappa shape index (κ2) is 11.7. The van der Waals surface area contributed by atoms with E-state index >= 15 is 0 Å². The first kappa shape index (κ1) is 27.2. The minimum Gasteiger partial charge on any atom is -0.493 e. The Kier molecular flexibility index (Phi) is 8.34. The molecule has 0 heterocycles. The van der Waals surface area contributed by atoms with Crippen LogP contribution in [0.1, 0.15) is 11.1 Å². The monoisotopic (exact) mass is 521 g/mol. The van der Waals surface area contributed by atoms with Crippen LogP contribution in [0.25, 0.3) is 21.5 Å². The fraction of sp³-hybridized carbons (Fsp3) is 0.333. The van der Waals surface area contributed by atoms with E-state index in [1.54, 1.807) is 47.7 Å². The minimum atomic E-state index is -0.255. The number of aliphatic hydroxyl groups is 1. The third-order valence-corrected chi connectivity index (χ3v) is 6.63. The van der Waals surface area contributed by atoms with E-state index in [2.05, 4.69) is 17.0 Å². The molecule has 0 aliphatic carbocycles. The van der Waals surface area contributed by atoms with Crippen LogP contribution in [0, 0.1) is 0 Å². The highest BCUT2D eigenvalue weighted by Gasteiger charge is 2.23. The Morgan fingerprint density at radius 2 is 1.26 bits per heavy atom. The quantitative estimate of drug-likeness (QED) is 0.262. The Morgan fingerprint density at radius 1 is 0.632 bits per heavy atom. The molecular weight excluding hydrogens is 486 g/mol. The van der Waals surface area contributed by atoms with E-state index in [0.717, 1.165) is 40.1 Å². The zero-order chi connectivity index (χ0) is 27.4. The summed E-state index contributed by atoms with van der Waals surface area (Å²) < 4.78 is 35.0. The molecule has 1 N–H and O–H groups in total. The Morgan fingerprint density at radius 3 is 1.87 bits per heavy atom. The average Bonchev–Trinajstić information content (AvgIpc) is 2.94. The van der Waals surface area contributed by atoms with Crippen molar-refractivity contribution in [2.24, 2.45) is 0 Å². The van der Waals surface area contributed by atoms with Crippen molar-refractivity contribution in [1.29, 1.82) is 0 Å². The van der Waals surface area contributed by atoms with Gasteiger partial charge in [-0.2, -0.15) is 0 Å². The van der Waals surface area contributed by atoms with Crippen LogP contribution < -0.4 is 28.4 Å². The first-order valence-corrected chi connectivity index (χ1v) is 12.3. The highest BCUT2D eigenvalue weighted by molar-refractivity contribution is 6.16. The number of nitrogens with zero attached hydrogens (tertiary/aromatic N) is 1. The number of ether oxygens (including phenoxy) is 6. The van der Waals surface area contributed by atoms with Gasteiger partial charge in [0.15, 0.2) is 34.5 Å². The third-order valence-electron chi connectivity index (χ3n) is 6.63. The smallest absolute Gasteiger partial charge is 0.177 e. The summed E-state index contributed by atoms with van der Waals surface area (Å²) in [5.41, 5.74) is 1.65. The summed E-state index contributed by atoms with van der Waals surface area (Å²) in [5.74, 6) is 3.66. The maximum atomic E-state index is 10.2. The van der Waals surface area contributed by atoms with E-state index in [4.69, 9.17) is 28.4 Å². The fourth-order valence-electron chi connectivity index (χ4n) is 4.69.